The molecule has 0 bridgehead atoms. The smallest absolute Gasteiger partial charge is 0.313 e. The fraction of sp³-hybridized carbons (Fsp3) is 0.348. The molecule has 0 saturated heterocycles. The summed E-state index contributed by atoms with van der Waals surface area (Å²) in [4.78, 5) is 15.0. The lowest BCUT2D eigenvalue weighted by Crippen LogP contribution is -2.36. The summed E-state index contributed by atoms with van der Waals surface area (Å²) in [5.74, 6) is 1.87. The largest absolute Gasteiger partial charge is 0.326 e. The zero-order valence-electron chi connectivity index (χ0n) is 17.1. The van der Waals surface area contributed by atoms with Crippen molar-refractivity contribution in [2.75, 3.05) is 10.2 Å². The summed E-state index contributed by atoms with van der Waals surface area (Å²) >= 11 is 0. The van der Waals surface area contributed by atoms with E-state index in [-0.39, 0.29) is 6.03 Å². The van der Waals surface area contributed by atoms with E-state index in [1.807, 2.05) is 49.4 Å². The number of fused-ring (bicyclic) bond motifs is 1. The van der Waals surface area contributed by atoms with E-state index in [1.165, 1.54) is 12.0 Å². The van der Waals surface area contributed by atoms with Gasteiger partial charge in [-0.3, -0.25) is 4.90 Å². The maximum absolute atomic E-state index is 13.3. The van der Waals surface area contributed by atoms with E-state index in [2.05, 4.69) is 33.1 Å². The Hall–Kier alpha value is -3.15. The van der Waals surface area contributed by atoms with Crippen molar-refractivity contribution in [2.24, 2.45) is 0 Å². The van der Waals surface area contributed by atoms with Crippen LogP contribution >= 0.6 is 0 Å². The molecule has 0 aliphatic carbocycles. The van der Waals surface area contributed by atoms with Gasteiger partial charge in [-0.25, -0.2) is 4.79 Å². The van der Waals surface area contributed by atoms with Crippen molar-refractivity contribution in [2.45, 2.75) is 52.6 Å². The number of hydrogen-bond donors (Lipinski definition) is 1. The molecule has 0 saturated carbocycles. The van der Waals surface area contributed by atoms with Crippen LogP contribution in [0.15, 0.2) is 48.5 Å². The van der Waals surface area contributed by atoms with Gasteiger partial charge in [-0.05, 0) is 50.5 Å². The van der Waals surface area contributed by atoms with E-state index in [0.717, 1.165) is 54.4 Å². The molecule has 0 spiro atoms. The molecular formula is C23H27N5O. The predicted octanol–water partition coefficient (Wildman–Crippen LogP) is 4.86. The molecule has 3 aromatic rings. The lowest BCUT2D eigenvalue weighted by molar-refractivity contribution is 0.256. The van der Waals surface area contributed by atoms with Gasteiger partial charge in [-0.2, -0.15) is 0 Å². The molecule has 29 heavy (non-hydrogen) atoms. The molecule has 0 fully saturated rings. The second-order valence-corrected chi connectivity index (χ2v) is 7.67. The second kappa shape index (κ2) is 8.47. The third kappa shape index (κ3) is 4.31. The van der Waals surface area contributed by atoms with Crippen LogP contribution < -0.4 is 10.2 Å². The normalized spacial score (nSPS) is 13.4. The lowest BCUT2D eigenvalue weighted by Gasteiger charge is -2.25. The van der Waals surface area contributed by atoms with Crippen LogP contribution in [0.2, 0.25) is 0 Å². The molecule has 1 aromatic heterocycles. The summed E-state index contributed by atoms with van der Waals surface area (Å²) in [5, 5.41) is 11.8. The highest BCUT2D eigenvalue weighted by Crippen LogP contribution is 2.25. The van der Waals surface area contributed by atoms with Gasteiger partial charge < -0.3 is 9.88 Å². The molecule has 2 amide bonds. The number of carbonyl (C=O) groups is 1. The summed E-state index contributed by atoms with van der Waals surface area (Å²) in [5.41, 5.74) is 3.89. The van der Waals surface area contributed by atoms with Gasteiger partial charge >= 0.3 is 6.03 Å². The lowest BCUT2D eigenvalue weighted by atomic mass is 10.1. The van der Waals surface area contributed by atoms with Crippen molar-refractivity contribution >= 4 is 17.4 Å². The SMILES string of the molecule is Cc1ccc(N(Cc2nnc3n2CCCCC3)C(=O)Nc2ccccc2)c(C)c1. The Bertz CT molecular complexity index is 996. The summed E-state index contributed by atoms with van der Waals surface area (Å²) in [6, 6.07) is 15.5. The number of nitrogens with one attached hydrogen (secondary N) is 1. The van der Waals surface area contributed by atoms with Gasteiger partial charge in [0.2, 0.25) is 0 Å². The Balaban J connectivity index is 1.67. The van der Waals surface area contributed by atoms with Crippen molar-refractivity contribution in [1.82, 2.24) is 14.8 Å². The first kappa shape index (κ1) is 19.2. The van der Waals surface area contributed by atoms with Crippen molar-refractivity contribution in [1.29, 1.82) is 0 Å². The van der Waals surface area contributed by atoms with E-state index in [4.69, 9.17) is 0 Å². The monoisotopic (exact) mass is 389 g/mol. The highest BCUT2D eigenvalue weighted by molar-refractivity contribution is 6.02. The first-order valence-electron chi connectivity index (χ1n) is 10.2. The van der Waals surface area contributed by atoms with E-state index in [9.17, 15) is 4.79 Å². The van der Waals surface area contributed by atoms with Crippen molar-refractivity contribution in [3.05, 3.63) is 71.3 Å². The molecule has 1 N–H and O–H groups in total. The molecule has 6 nitrogen and oxygen atoms in total. The molecule has 0 radical (unpaired) electrons. The molecule has 0 atom stereocenters. The van der Waals surface area contributed by atoms with E-state index >= 15 is 0 Å². The molecule has 4 rings (SSSR count). The predicted molar refractivity (Wildman–Crippen MR) is 115 cm³/mol. The minimum atomic E-state index is -0.172. The van der Waals surface area contributed by atoms with Crippen molar-refractivity contribution in [3.63, 3.8) is 0 Å². The fourth-order valence-corrected chi connectivity index (χ4v) is 3.89. The van der Waals surface area contributed by atoms with Crippen molar-refractivity contribution in [3.8, 4) is 0 Å². The molecule has 2 aromatic carbocycles. The van der Waals surface area contributed by atoms with Gasteiger partial charge in [-0.1, -0.05) is 42.3 Å². The molecule has 2 heterocycles. The summed E-state index contributed by atoms with van der Waals surface area (Å²) < 4.78 is 2.19. The third-order valence-electron chi connectivity index (χ3n) is 5.40. The minimum Gasteiger partial charge on any atom is -0.313 e. The summed E-state index contributed by atoms with van der Waals surface area (Å²) in [6.07, 6.45) is 4.43. The van der Waals surface area contributed by atoms with Crippen LogP contribution in [-0.2, 0) is 19.5 Å². The van der Waals surface area contributed by atoms with E-state index in [1.54, 1.807) is 4.90 Å². The standard InChI is InChI=1S/C23H27N5O/c1-17-12-13-20(18(2)15-17)28(23(29)24-19-9-5-3-6-10-19)16-22-26-25-21-11-7-4-8-14-27(21)22/h3,5-6,9-10,12-13,15H,4,7-8,11,14,16H2,1-2H3,(H,24,29). The number of aryl methyl sites for hydroxylation is 3. The fourth-order valence-electron chi connectivity index (χ4n) is 3.89. The molecule has 150 valence electrons. The van der Waals surface area contributed by atoms with Crippen LogP contribution in [0.5, 0.6) is 0 Å². The summed E-state index contributed by atoms with van der Waals surface area (Å²) in [6.45, 7) is 5.40. The zero-order valence-corrected chi connectivity index (χ0v) is 17.1. The van der Waals surface area contributed by atoms with Crippen LogP contribution in [0.3, 0.4) is 0 Å². The van der Waals surface area contributed by atoms with E-state index < -0.39 is 0 Å². The minimum absolute atomic E-state index is 0.172. The average molecular weight is 390 g/mol. The van der Waals surface area contributed by atoms with Gasteiger partial charge in [0.25, 0.3) is 0 Å². The maximum Gasteiger partial charge on any atom is 0.326 e. The van der Waals surface area contributed by atoms with Gasteiger partial charge in [0.05, 0.1) is 6.54 Å². The first-order valence-corrected chi connectivity index (χ1v) is 10.2. The number of benzene rings is 2. The van der Waals surface area contributed by atoms with Gasteiger partial charge in [-0.15, -0.1) is 10.2 Å². The number of hydrogen-bond acceptors (Lipinski definition) is 3. The Morgan fingerprint density at radius 3 is 2.69 bits per heavy atom. The number of carbonyl (C=O) groups excluding carboxylic acids is 1. The Morgan fingerprint density at radius 2 is 1.90 bits per heavy atom. The van der Waals surface area contributed by atoms with Crippen LogP contribution in [0.4, 0.5) is 16.2 Å². The molecular weight excluding hydrogens is 362 g/mol. The zero-order chi connectivity index (χ0) is 20.2. The van der Waals surface area contributed by atoms with Crippen LogP contribution in [0.25, 0.3) is 0 Å². The topological polar surface area (TPSA) is 63.1 Å². The molecule has 0 unspecified atom stereocenters. The Morgan fingerprint density at radius 1 is 1.07 bits per heavy atom. The third-order valence-corrected chi connectivity index (χ3v) is 5.40. The molecule has 1 aliphatic rings. The second-order valence-electron chi connectivity index (χ2n) is 7.67. The Kier molecular flexibility index (Phi) is 5.60. The van der Waals surface area contributed by atoms with Crippen LogP contribution in [0, 0.1) is 13.8 Å². The quantitative estimate of drug-likeness (QED) is 0.693. The summed E-state index contributed by atoms with van der Waals surface area (Å²) in [7, 11) is 0. The van der Waals surface area contributed by atoms with Crippen LogP contribution in [0.1, 0.15) is 42.0 Å². The van der Waals surface area contributed by atoms with E-state index in [0.29, 0.717) is 6.54 Å². The number of aromatic nitrogens is 3. The number of amides is 2. The van der Waals surface area contributed by atoms with Gasteiger partial charge in [0, 0.05) is 24.3 Å². The van der Waals surface area contributed by atoms with Crippen LogP contribution in [-0.4, -0.2) is 20.8 Å². The first-order chi connectivity index (χ1) is 14.1. The Labute approximate surface area is 171 Å². The number of rotatable bonds is 4. The highest BCUT2D eigenvalue weighted by Gasteiger charge is 2.23. The molecule has 6 heteroatoms. The number of para-hydroxylation sites is 1. The molecule has 1 aliphatic heterocycles. The average Bonchev–Trinajstić information content (AvgIpc) is 2.93. The number of nitrogens with zero attached hydrogens (tertiary/aromatic N) is 4. The number of urea groups is 1. The maximum atomic E-state index is 13.3. The van der Waals surface area contributed by atoms with Gasteiger partial charge in [0.15, 0.2) is 5.82 Å². The van der Waals surface area contributed by atoms with Gasteiger partial charge in [0.1, 0.15) is 5.82 Å². The number of anilines is 2. The highest BCUT2D eigenvalue weighted by atomic mass is 16.2. The van der Waals surface area contributed by atoms with Crippen molar-refractivity contribution < 1.29 is 4.79 Å².